The van der Waals surface area contributed by atoms with Gasteiger partial charge in [-0.05, 0) is 11.0 Å². The van der Waals surface area contributed by atoms with Gasteiger partial charge in [0.2, 0.25) is 0 Å². The molecule has 0 aliphatic rings. The Labute approximate surface area is 128 Å². The Morgan fingerprint density at radius 2 is 1.00 bits per heavy atom. The first-order valence-corrected chi connectivity index (χ1v) is 0. The molecule has 5 heteroatoms. The minimum atomic E-state index is 0. The summed E-state index contributed by atoms with van der Waals surface area (Å²) in [6.45, 7) is 0. The fourth-order valence-corrected chi connectivity index (χ4v) is 0. The molecule has 0 aromatic heterocycles. The summed E-state index contributed by atoms with van der Waals surface area (Å²) in [5.74, 6) is 0. The third-order valence-electron chi connectivity index (χ3n) is 0. The molecule has 0 unspecified atom stereocenters. The van der Waals surface area contributed by atoms with Gasteiger partial charge in [-0.1, -0.05) is 0 Å². The SMILES string of the molecule is [AlH3].[BaH2].[CaH2].[Fe].[SiH4]. The largest absolute Gasteiger partial charge is 0.0149 e. The second-order valence-electron chi connectivity index (χ2n) is 0. The Kier molecular flexibility index (Phi) is 173. The van der Waals surface area contributed by atoms with Crippen molar-refractivity contribution in [1.29, 1.82) is 0 Å². The summed E-state index contributed by atoms with van der Waals surface area (Å²) in [4.78, 5) is 0. The summed E-state index contributed by atoms with van der Waals surface area (Å²) < 4.78 is 0. The van der Waals surface area contributed by atoms with Crippen molar-refractivity contribution in [3.05, 3.63) is 0 Å². The van der Waals surface area contributed by atoms with Crippen molar-refractivity contribution in [3.63, 3.8) is 0 Å². The fourth-order valence-electron chi connectivity index (χ4n) is 0. The Morgan fingerprint density at radius 1 is 1.00 bits per heavy atom. The van der Waals surface area contributed by atoms with Gasteiger partial charge in [0, 0.05) is 17.1 Å². The van der Waals surface area contributed by atoms with Gasteiger partial charge >= 0.3 is 86.6 Å². The van der Waals surface area contributed by atoms with E-state index in [2.05, 4.69) is 0 Å². The molecule has 0 radical (unpaired) electrons. The van der Waals surface area contributed by atoms with E-state index >= 15 is 0 Å². The molecule has 0 saturated carbocycles. The van der Waals surface area contributed by atoms with Crippen molar-refractivity contribution in [3.8, 4) is 0 Å². The fraction of sp³-hybridized carbons (Fsp3) is 0. The van der Waals surface area contributed by atoms with Gasteiger partial charge in [0.05, 0.1) is 0 Å². The summed E-state index contributed by atoms with van der Waals surface area (Å²) in [7, 11) is 0. The summed E-state index contributed by atoms with van der Waals surface area (Å²) in [5, 5.41) is 0. The third-order valence-corrected chi connectivity index (χ3v) is 0. The maximum atomic E-state index is 0. The smallest absolute Gasteiger partial charge is 0 e. The number of hydrogen-bond donors (Lipinski definition) is 0. The predicted octanol–water partition coefficient (Wildman–Crippen LogP) is -4.47. The molecule has 0 heterocycles. The normalized spacial score (nSPS) is 0. The van der Waals surface area contributed by atoms with Crippen molar-refractivity contribution in [2.24, 2.45) is 0 Å². The maximum absolute atomic E-state index is 0. The average molecular weight is 299 g/mol. The van der Waals surface area contributed by atoms with Crippen molar-refractivity contribution < 1.29 is 17.1 Å². The summed E-state index contributed by atoms with van der Waals surface area (Å²) in [5.41, 5.74) is 0. The number of rotatable bonds is 0. The van der Waals surface area contributed by atoms with E-state index in [1.165, 1.54) is 0 Å². The first kappa shape index (κ1) is 35.5. The Morgan fingerprint density at radius 3 is 1.00 bits per heavy atom. The van der Waals surface area contributed by atoms with Crippen LogP contribution in [0.3, 0.4) is 0 Å². The zero-order valence-corrected chi connectivity index (χ0v) is 1.46. The van der Waals surface area contributed by atoms with Crippen LogP contribution < -0.4 is 0 Å². The van der Waals surface area contributed by atoms with E-state index in [0.29, 0.717) is 0 Å². The molecule has 0 N–H and O–H groups in total. The van der Waals surface area contributed by atoms with E-state index in [1.807, 2.05) is 0 Å². The van der Waals surface area contributed by atoms with E-state index in [9.17, 15) is 0 Å². The van der Waals surface area contributed by atoms with Gasteiger partial charge in [0.1, 0.15) is 0 Å². The topological polar surface area (TPSA) is 0 Å². The van der Waals surface area contributed by atoms with E-state index in [-0.39, 0.29) is 132 Å². The molecule has 30 valence electrons. The van der Waals surface area contributed by atoms with Crippen molar-refractivity contribution >= 4 is 115 Å². The minimum absolute atomic E-state index is 0. The van der Waals surface area contributed by atoms with Crippen LogP contribution in [0.2, 0.25) is 0 Å². The van der Waals surface area contributed by atoms with Crippen LogP contribution in [-0.2, 0) is 17.1 Å². The summed E-state index contributed by atoms with van der Waals surface area (Å²) in [6, 6.07) is 0. The maximum Gasteiger partial charge on any atom is 0 e. The van der Waals surface area contributed by atoms with Gasteiger partial charge in [-0.3, -0.25) is 0 Å². The second-order valence-corrected chi connectivity index (χ2v) is 0. The molecule has 0 amide bonds. The third kappa shape index (κ3) is 17.9. The average Bonchev–Trinajstić information content (AvgIpc) is 0. The molecule has 0 spiro atoms. The van der Waals surface area contributed by atoms with Crippen molar-refractivity contribution in [2.45, 2.75) is 0 Å². The zero-order valence-electron chi connectivity index (χ0n) is 0.354. The van der Waals surface area contributed by atoms with E-state index in [4.69, 9.17) is 0 Å². The van der Waals surface area contributed by atoms with Crippen LogP contribution in [0.15, 0.2) is 0 Å². The molecular weight excluding hydrogens is 288 g/mol. The van der Waals surface area contributed by atoms with E-state index in [1.54, 1.807) is 0 Å². The monoisotopic (exact) mass is 300 g/mol. The molecule has 0 saturated heterocycles. The van der Waals surface area contributed by atoms with Gasteiger partial charge in [0.15, 0.2) is 17.4 Å². The Balaban J connectivity index is 0. The molecular formula is H11AlBaCaFeSi. The number of hydrogen-bond acceptors (Lipinski definition) is 0. The van der Waals surface area contributed by atoms with Crippen molar-refractivity contribution in [2.75, 3.05) is 0 Å². The van der Waals surface area contributed by atoms with Crippen LogP contribution in [0.25, 0.3) is 0 Å². The molecule has 0 rings (SSSR count). The van der Waals surface area contributed by atoms with E-state index in [0.717, 1.165) is 0 Å². The molecule has 0 aromatic carbocycles. The summed E-state index contributed by atoms with van der Waals surface area (Å²) in [6.07, 6.45) is 0. The van der Waals surface area contributed by atoms with Crippen LogP contribution in [0.5, 0.6) is 0 Å². The van der Waals surface area contributed by atoms with Crippen LogP contribution in [0.4, 0.5) is 0 Å². The van der Waals surface area contributed by atoms with Crippen molar-refractivity contribution in [1.82, 2.24) is 0 Å². The zero-order chi connectivity index (χ0) is 0. The molecule has 0 nitrogen and oxygen atoms in total. The van der Waals surface area contributed by atoms with Crippen LogP contribution in [0, 0.1) is 0 Å². The van der Waals surface area contributed by atoms with E-state index < -0.39 is 0 Å². The Hall–Kier alpha value is 4.10. The second kappa shape index (κ2) is 24.3. The quantitative estimate of drug-likeness (QED) is 0.396. The Bertz CT molecular complexity index is 11.6. The van der Waals surface area contributed by atoms with Gasteiger partial charge in [-0.2, -0.15) is 0 Å². The molecule has 0 aliphatic heterocycles. The molecule has 0 bridgehead atoms. The molecule has 5 heavy (non-hydrogen) atoms. The van der Waals surface area contributed by atoms with Gasteiger partial charge in [0.25, 0.3) is 0 Å². The minimum Gasteiger partial charge on any atom is -0.0149 e. The first-order chi connectivity index (χ1) is 0. The van der Waals surface area contributed by atoms with Gasteiger partial charge < -0.3 is 0 Å². The van der Waals surface area contributed by atoms with Gasteiger partial charge in [-0.15, -0.1) is 0 Å². The van der Waals surface area contributed by atoms with Crippen LogP contribution in [0.1, 0.15) is 0 Å². The standard InChI is InChI=1S/Al.Ba.Ca.Fe.H4Si.7H/h;;;;1H4;;;;;;;. The first-order valence-electron chi connectivity index (χ1n) is 0. The van der Waals surface area contributed by atoms with Crippen LogP contribution in [-0.4, -0.2) is 115 Å². The molecule has 0 fully saturated rings. The molecule has 0 aliphatic carbocycles. The van der Waals surface area contributed by atoms with Crippen LogP contribution >= 0.6 is 0 Å². The summed E-state index contributed by atoms with van der Waals surface area (Å²) >= 11 is 0. The predicted molar refractivity (Wildman–Crippen MR) is 38.4 cm³/mol. The molecule has 0 aromatic rings. The van der Waals surface area contributed by atoms with Gasteiger partial charge in [-0.25, -0.2) is 0 Å². The molecule has 0 atom stereocenters.